The Kier molecular flexibility index (Phi) is 3.92. The van der Waals surface area contributed by atoms with Crippen molar-refractivity contribution in [2.24, 2.45) is 11.3 Å². The molecule has 2 rings (SSSR count). The molecule has 1 unspecified atom stereocenters. The highest BCUT2D eigenvalue weighted by Gasteiger charge is 2.45. The van der Waals surface area contributed by atoms with E-state index in [0.29, 0.717) is 19.3 Å². The number of hydrogen-bond donors (Lipinski definition) is 1. The minimum Gasteiger partial charge on any atom is -0.481 e. The number of likely N-dealkylation sites (tertiary alicyclic amines) is 1. The summed E-state index contributed by atoms with van der Waals surface area (Å²) in [6.07, 6.45) is 5.34. The second-order valence-corrected chi connectivity index (χ2v) is 5.90. The van der Waals surface area contributed by atoms with Gasteiger partial charge in [-0.25, -0.2) is 0 Å². The number of carbonyl (C=O) groups excluding carboxylic acids is 2. The van der Waals surface area contributed by atoms with Crippen LogP contribution in [0.25, 0.3) is 0 Å². The first-order chi connectivity index (χ1) is 8.97. The number of nitrogens with zero attached hydrogens (tertiary/aromatic N) is 1. The summed E-state index contributed by atoms with van der Waals surface area (Å²) in [6.45, 7) is 1.79. The molecule has 1 spiro atoms. The Hall–Kier alpha value is -1.39. The quantitative estimate of drug-likeness (QED) is 0.788. The fourth-order valence-electron chi connectivity index (χ4n) is 3.32. The summed E-state index contributed by atoms with van der Waals surface area (Å²) >= 11 is 0. The Morgan fingerprint density at radius 1 is 1.26 bits per heavy atom. The molecule has 0 aromatic carbocycles. The fourth-order valence-corrected chi connectivity index (χ4v) is 3.32. The van der Waals surface area contributed by atoms with E-state index < -0.39 is 11.9 Å². The van der Waals surface area contributed by atoms with Crippen molar-refractivity contribution in [3.8, 4) is 0 Å². The average Bonchev–Trinajstić information content (AvgIpc) is 2.76. The maximum Gasteiger partial charge on any atom is 0.308 e. The predicted octanol–water partition coefficient (Wildman–Crippen LogP) is 1.81. The number of aliphatic carboxylic acids is 1. The van der Waals surface area contributed by atoms with Crippen LogP contribution in [0.2, 0.25) is 0 Å². The van der Waals surface area contributed by atoms with Crippen molar-refractivity contribution >= 4 is 17.8 Å². The molecule has 1 saturated heterocycles. The molecule has 2 aliphatic rings. The lowest BCUT2D eigenvalue weighted by molar-refractivity contribution is -0.155. The summed E-state index contributed by atoms with van der Waals surface area (Å²) in [5, 5.41) is 9.03. The van der Waals surface area contributed by atoms with E-state index in [-0.39, 0.29) is 23.8 Å². The summed E-state index contributed by atoms with van der Waals surface area (Å²) < 4.78 is 0. The first kappa shape index (κ1) is 14.0. The van der Waals surface area contributed by atoms with Gasteiger partial charge in [-0.2, -0.15) is 0 Å². The fraction of sp³-hybridized carbons (Fsp3) is 0.786. The lowest BCUT2D eigenvalue weighted by Crippen LogP contribution is -2.49. The Balaban J connectivity index is 2.05. The van der Waals surface area contributed by atoms with Gasteiger partial charge in [0.05, 0.1) is 5.92 Å². The zero-order valence-electron chi connectivity index (χ0n) is 11.4. The molecule has 0 aromatic heterocycles. The van der Waals surface area contributed by atoms with E-state index in [2.05, 4.69) is 0 Å². The first-order valence-corrected chi connectivity index (χ1v) is 7.03. The van der Waals surface area contributed by atoms with Crippen LogP contribution in [-0.4, -0.2) is 34.3 Å². The minimum atomic E-state index is -0.941. The summed E-state index contributed by atoms with van der Waals surface area (Å²) in [7, 11) is 0. The molecule has 0 radical (unpaired) electrons. The number of amides is 2. The smallest absolute Gasteiger partial charge is 0.308 e. The highest BCUT2D eigenvalue weighted by Crippen LogP contribution is 2.46. The molecule has 19 heavy (non-hydrogen) atoms. The van der Waals surface area contributed by atoms with Crippen LogP contribution in [0.5, 0.6) is 0 Å². The van der Waals surface area contributed by atoms with Gasteiger partial charge in [0.1, 0.15) is 0 Å². The van der Waals surface area contributed by atoms with Gasteiger partial charge in [-0.15, -0.1) is 0 Å². The Bertz CT molecular complexity index is 378. The zero-order chi connectivity index (χ0) is 14.0. The third-order valence-electron chi connectivity index (χ3n) is 4.56. The van der Waals surface area contributed by atoms with Gasteiger partial charge in [-0.1, -0.05) is 19.8 Å². The Labute approximate surface area is 113 Å². The van der Waals surface area contributed by atoms with Gasteiger partial charge < -0.3 is 5.11 Å². The van der Waals surface area contributed by atoms with E-state index in [1.165, 1.54) is 4.90 Å². The molecule has 0 aromatic rings. The molecule has 1 heterocycles. The predicted molar refractivity (Wildman–Crippen MR) is 68.3 cm³/mol. The molecular weight excluding hydrogens is 246 g/mol. The van der Waals surface area contributed by atoms with Crippen molar-refractivity contribution in [1.82, 2.24) is 4.90 Å². The van der Waals surface area contributed by atoms with Crippen LogP contribution in [0.3, 0.4) is 0 Å². The molecule has 5 heteroatoms. The zero-order valence-corrected chi connectivity index (χ0v) is 11.4. The van der Waals surface area contributed by atoms with Crippen molar-refractivity contribution < 1.29 is 19.5 Å². The maximum atomic E-state index is 12.2. The summed E-state index contributed by atoms with van der Waals surface area (Å²) in [4.78, 5) is 36.5. The largest absolute Gasteiger partial charge is 0.481 e. The summed E-state index contributed by atoms with van der Waals surface area (Å²) in [5.41, 5.74) is -0.115. The summed E-state index contributed by atoms with van der Waals surface area (Å²) in [5.74, 6) is -1.95. The van der Waals surface area contributed by atoms with Crippen molar-refractivity contribution in [1.29, 1.82) is 0 Å². The number of hydrogen-bond acceptors (Lipinski definition) is 3. The van der Waals surface area contributed by atoms with Crippen LogP contribution < -0.4 is 0 Å². The van der Waals surface area contributed by atoms with E-state index in [1.807, 2.05) is 0 Å². The Morgan fingerprint density at radius 2 is 1.79 bits per heavy atom. The third kappa shape index (κ3) is 2.80. The van der Waals surface area contributed by atoms with Crippen molar-refractivity contribution in [3.05, 3.63) is 0 Å². The van der Waals surface area contributed by atoms with Crippen LogP contribution in [0, 0.1) is 11.3 Å². The lowest BCUT2D eigenvalue weighted by Gasteiger charge is -2.38. The molecule has 1 aliphatic carbocycles. The molecule has 2 fully saturated rings. The van der Waals surface area contributed by atoms with E-state index in [0.717, 1.165) is 25.7 Å². The van der Waals surface area contributed by atoms with Gasteiger partial charge in [0.15, 0.2) is 0 Å². The highest BCUT2D eigenvalue weighted by molar-refractivity contribution is 5.99. The van der Waals surface area contributed by atoms with Crippen LogP contribution in [0.4, 0.5) is 0 Å². The van der Waals surface area contributed by atoms with Crippen LogP contribution in [0.15, 0.2) is 0 Å². The molecule has 1 aliphatic heterocycles. The van der Waals surface area contributed by atoms with Gasteiger partial charge in [0.25, 0.3) is 0 Å². The number of imide groups is 1. The van der Waals surface area contributed by atoms with Gasteiger partial charge in [-0.05, 0) is 24.7 Å². The second-order valence-electron chi connectivity index (χ2n) is 5.90. The van der Waals surface area contributed by atoms with E-state index in [4.69, 9.17) is 5.11 Å². The molecule has 1 atom stereocenters. The van der Waals surface area contributed by atoms with Gasteiger partial charge in [0, 0.05) is 19.4 Å². The van der Waals surface area contributed by atoms with Crippen LogP contribution in [0.1, 0.15) is 51.9 Å². The topological polar surface area (TPSA) is 74.7 Å². The van der Waals surface area contributed by atoms with Gasteiger partial charge in [-0.3, -0.25) is 19.3 Å². The molecule has 1 N–H and O–H groups in total. The lowest BCUT2D eigenvalue weighted by atomic mass is 9.76. The molecular formula is C14H21NO4. The van der Waals surface area contributed by atoms with E-state index >= 15 is 0 Å². The SMILES string of the molecule is CCC(CN1C(=O)CC2(CCCC2)CC1=O)C(=O)O. The highest BCUT2D eigenvalue weighted by atomic mass is 16.4. The van der Waals surface area contributed by atoms with Crippen molar-refractivity contribution in [2.45, 2.75) is 51.9 Å². The third-order valence-corrected chi connectivity index (χ3v) is 4.56. The molecule has 2 amide bonds. The number of carboxylic acid groups (broad SMARTS) is 1. The standard InChI is InChI=1S/C14H21NO4/c1-2-10(13(18)19)9-15-11(16)7-14(8-12(15)17)5-3-4-6-14/h10H,2-9H2,1H3,(H,18,19). The van der Waals surface area contributed by atoms with E-state index in [9.17, 15) is 14.4 Å². The minimum absolute atomic E-state index is 0.0274. The molecule has 5 nitrogen and oxygen atoms in total. The molecule has 1 saturated carbocycles. The van der Waals surface area contributed by atoms with Crippen LogP contribution >= 0.6 is 0 Å². The van der Waals surface area contributed by atoms with Gasteiger partial charge >= 0.3 is 5.97 Å². The first-order valence-electron chi connectivity index (χ1n) is 7.03. The number of carboxylic acids is 1. The number of piperidine rings is 1. The Morgan fingerprint density at radius 3 is 2.21 bits per heavy atom. The van der Waals surface area contributed by atoms with E-state index in [1.54, 1.807) is 6.92 Å². The van der Waals surface area contributed by atoms with Crippen LogP contribution in [-0.2, 0) is 14.4 Å². The molecule has 0 bridgehead atoms. The number of rotatable bonds is 4. The monoisotopic (exact) mass is 267 g/mol. The maximum absolute atomic E-state index is 12.2. The van der Waals surface area contributed by atoms with Crippen molar-refractivity contribution in [3.63, 3.8) is 0 Å². The second kappa shape index (κ2) is 5.31. The normalized spacial score (nSPS) is 23.9. The molecule has 106 valence electrons. The van der Waals surface area contributed by atoms with Crippen molar-refractivity contribution in [2.75, 3.05) is 6.54 Å². The number of carbonyl (C=O) groups is 3. The summed E-state index contributed by atoms with van der Waals surface area (Å²) in [6, 6.07) is 0. The average molecular weight is 267 g/mol. The van der Waals surface area contributed by atoms with Gasteiger partial charge in [0.2, 0.25) is 11.8 Å².